The summed E-state index contributed by atoms with van der Waals surface area (Å²) in [7, 11) is 0. The van der Waals surface area contributed by atoms with Crippen molar-refractivity contribution in [2.45, 2.75) is 37.5 Å². The van der Waals surface area contributed by atoms with E-state index in [0.717, 1.165) is 10.6 Å². The van der Waals surface area contributed by atoms with Crippen molar-refractivity contribution in [3.8, 4) is 5.75 Å². The first-order chi connectivity index (χ1) is 9.97. The van der Waals surface area contributed by atoms with E-state index in [2.05, 4.69) is 19.1 Å². The van der Waals surface area contributed by atoms with Gasteiger partial charge in [-0.2, -0.15) is 0 Å². The standard InChI is InChI=1S/C17H20FNOS/c1-11(2)20-16-9-17(15(19)8-14(16)18)21-10-13-7-5-4-6-12(13)3/h4-9,11H,10,19H2,1-3H3. The van der Waals surface area contributed by atoms with Crippen molar-refractivity contribution in [3.63, 3.8) is 0 Å². The van der Waals surface area contributed by atoms with Gasteiger partial charge in [0.15, 0.2) is 11.6 Å². The molecule has 0 aliphatic rings. The van der Waals surface area contributed by atoms with Crippen LogP contribution in [0.4, 0.5) is 10.1 Å². The molecule has 0 saturated carbocycles. The number of rotatable bonds is 5. The number of halogens is 1. The second kappa shape index (κ2) is 6.85. The second-order valence-electron chi connectivity index (χ2n) is 5.20. The quantitative estimate of drug-likeness (QED) is 0.637. The lowest BCUT2D eigenvalue weighted by Crippen LogP contribution is -2.07. The lowest BCUT2D eigenvalue weighted by Gasteiger charge is -2.14. The summed E-state index contributed by atoms with van der Waals surface area (Å²) in [5.74, 6) is 0.636. The smallest absolute Gasteiger partial charge is 0.167 e. The number of nitrogens with two attached hydrogens (primary N) is 1. The van der Waals surface area contributed by atoms with Gasteiger partial charge in [0.2, 0.25) is 0 Å². The van der Waals surface area contributed by atoms with Crippen molar-refractivity contribution in [1.29, 1.82) is 0 Å². The Morgan fingerprint density at radius 2 is 1.95 bits per heavy atom. The van der Waals surface area contributed by atoms with E-state index in [1.165, 1.54) is 17.2 Å². The number of hydrogen-bond donors (Lipinski definition) is 1. The lowest BCUT2D eigenvalue weighted by molar-refractivity contribution is 0.230. The Labute approximate surface area is 129 Å². The fourth-order valence-corrected chi connectivity index (χ4v) is 3.00. The van der Waals surface area contributed by atoms with E-state index < -0.39 is 5.82 Å². The SMILES string of the molecule is Cc1ccccc1CSc1cc(OC(C)C)c(F)cc1N. The summed E-state index contributed by atoms with van der Waals surface area (Å²) < 4.78 is 19.3. The van der Waals surface area contributed by atoms with Gasteiger partial charge in [-0.15, -0.1) is 11.8 Å². The lowest BCUT2D eigenvalue weighted by atomic mass is 10.1. The molecule has 0 aromatic heterocycles. The summed E-state index contributed by atoms with van der Waals surface area (Å²) in [4.78, 5) is 0.843. The van der Waals surface area contributed by atoms with E-state index in [0.29, 0.717) is 5.69 Å². The van der Waals surface area contributed by atoms with E-state index >= 15 is 0 Å². The first-order valence-corrected chi connectivity index (χ1v) is 7.89. The van der Waals surface area contributed by atoms with Crippen LogP contribution in [0.3, 0.4) is 0 Å². The minimum Gasteiger partial charge on any atom is -0.488 e. The first-order valence-electron chi connectivity index (χ1n) is 6.90. The van der Waals surface area contributed by atoms with Crippen molar-refractivity contribution in [2.75, 3.05) is 5.73 Å². The Morgan fingerprint density at radius 1 is 1.24 bits per heavy atom. The minimum absolute atomic E-state index is 0.0719. The van der Waals surface area contributed by atoms with Gasteiger partial charge in [-0.05, 0) is 38.0 Å². The van der Waals surface area contributed by atoms with E-state index in [4.69, 9.17) is 10.5 Å². The molecule has 112 valence electrons. The molecular weight excluding hydrogens is 285 g/mol. The highest BCUT2D eigenvalue weighted by molar-refractivity contribution is 7.98. The summed E-state index contributed by atoms with van der Waals surface area (Å²) >= 11 is 1.59. The third kappa shape index (κ3) is 4.14. The average molecular weight is 305 g/mol. The molecule has 0 atom stereocenters. The molecule has 0 amide bonds. The maximum atomic E-state index is 13.8. The Balaban J connectivity index is 2.18. The van der Waals surface area contributed by atoms with Crippen LogP contribution in [0.1, 0.15) is 25.0 Å². The summed E-state index contributed by atoms with van der Waals surface area (Å²) in [6.45, 7) is 5.82. The highest BCUT2D eigenvalue weighted by Crippen LogP contribution is 2.34. The molecule has 0 aliphatic heterocycles. The molecule has 0 saturated heterocycles. The molecular formula is C17H20FNOS. The number of benzene rings is 2. The van der Waals surface area contributed by atoms with Crippen LogP contribution in [0.5, 0.6) is 5.75 Å². The maximum Gasteiger partial charge on any atom is 0.167 e. The third-order valence-corrected chi connectivity index (χ3v) is 4.19. The van der Waals surface area contributed by atoms with E-state index in [9.17, 15) is 4.39 Å². The molecule has 0 spiro atoms. The minimum atomic E-state index is -0.415. The zero-order chi connectivity index (χ0) is 15.4. The van der Waals surface area contributed by atoms with E-state index in [-0.39, 0.29) is 11.9 Å². The summed E-state index contributed by atoms with van der Waals surface area (Å²) in [6, 6.07) is 11.2. The van der Waals surface area contributed by atoms with Crippen molar-refractivity contribution < 1.29 is 9.13 Å². The van der Waals surface area contributed by atoms with Crippen LogP contribution in [0, 0.1) is 12.7 Å². The predicted molar refractivity (Wildman–Crippen MR) is 87.3 cm³/mol. The van der Waals surface area contributed by atoms with E-state index in [1.807, 2.05) is 26.0 Å². The number of aryl methyl sites for hydroxylation is 1. The fraction of sp³-hybridized carbons (Fsp3) is 0.294. The number of anilines is 1. The van der Waals surface area contributed by atoms with Gasteiger partial charge in [-0.25, -0.2) is 4.39 Å². The molecule has 2 N–H and O–H groups in total. The van der Waals surface area contributed by atoms with Crippen LogP contribution >= 0.6 is 11.8 Å². The van der Waals surface area contributed by atoms with E-state index in [1.54, 1.807) is 17.8 Å². The summed E-state index contributed by atoms with van der Waals surface area (Å²) in [5, 5.41) is 0. The van der Waals surface area contributed by atoms with Gasteiger partial charge in [-0.1, -0.05) is 24.3 Å². The fourth-order valence-electron chi connectivity index (χ4n) is 1.95. The third-order valence-electron chi connectivity index (χ3n) is 3.07. The first kappa shape index (κ1) is 15.7. The summed E-state index contributed by atoms with van der Waals surface area (Å²) in [5.41, 5.74) is 8.84. The predicted octanol–water partition coefficient (Wildman–Crippen LogP) is 4.80. The average Bonchev–Trinajstić information content (AvgIpc) is 2.41. The molecule has 2 aromatic carbocycles. The Morgan fingerprint density at radius 3 is 2.62 bits per heavy atom. The number of nitrogen functional groups attached to an aromatic ring is 1. The zero-order valence-corrected chi connectivity index (χ0v) is 13.3. The number of hydrogen-bond acceptors (Lipinski definition) is 3. The van der Waals surface area contributed by atoms with Crippen LogP contribution in [-0.4, -0.2) is 6.10 Å². The van der Waals surface area contributed by atoms with Gasteiger partial charge < -0.3 is 10.5 Å². The normalized spacial score (nSPS) is 10.9. The molecule has 0 radical (unpaired) electrons. The summed E-state index contributed by atoms with van der Waals surface area (Å²) in [6.07, 6.45) is -0.0719. The van der Waals surface area contributed by atoms with Gasteiger partial charge in [0, 0.05) is 22.4 Å². The molecule has 4 heteroatoms. The Kier molecular flexibility index (Phi) is 5.12. The highest BCUT2D eigenvalue weighted by Gasteiger charge is 2.11. The second-order valence-corrected chi connectivity index (χ2v) is 6.22. The molecule has 21 heavy (non-hydrogen) atoms. The largest absolute Gasteiger partial charge is 0.488 e. The van der Waals surface area contributed by atoms with Crippen molar-refractivity contribution >= 4 is 17.4 Å². The molecule has 2 nitrogen and oxygen atoms in total. The Bertz CT molecular complexity index is 628. The molecule has 0 heterocycles. The molecule has 2 rings (SSSR count). The van der Waals surface area contributed by atoms with Crippen LogP contribution in [0.2, 0.25) is 0 Å². The van der Waals surface area contributed by atoms with Crippen molar-refractivity contribution in [3.05, 3.63) is 53.3 Å². The van der Waals surface area contributed by atoms with Gasteiger partial charge in [-0.3, -0.25) is 0 Å². The van der Waals surface area contributed by atoms with Gasteiger partial charge in [0.1, 0.15) is 0 Å². The highest BCUT2D eigenvalue weighted by atomic mass is 32.2. The van der Waals surface area contributed by atoms with Gasteiger partial charge in [0.05, 0.1) is 6.10 Å². The van der Waals surface area contributed by atoms with Crippen LogP contribution in [0.15, 0.2) is 41.3 Å². The number of ether oxygens (including phenoxy) is 1. The van der Waals surface area contributed by atoms with Gasteiger partial charge in [0.25, 0.3) is 0 Å². The molecule has 2 aromatic rings. The molecule has 0 aliphatic carbocycles. The van der Waals surface area contributed by atoms with Crippen molar-refractivity contribution in [1.82, 2.24) is 0 Å². The van der Waals surface area contributed by atoms with Crippen LogP contribution in [-0.2, 0) is 5.75 Å². The zero-order valence-electron chi connectivity index (χ0n) is 12.5. The van der Waals surface area contributed by atoms with Gasteiger partial charge >= 0.3 is 0 Å². The monoisotopic (exact) mass is 305 g/mol. The number of thioether (sulfide) groups is 1. The maximum absolute atomic E-state index is 13.8. The van der Waals surface area contributed by atoms with Crippen molar-refractivity contribution in [2.24, 2.45) is 0 Å². The molecule has 0 fully saturated rings. The van der Waals surface area contributed by atoms with Crippen LogP contribution in [0.25, 0.3) is 0 Å². The Hall–Kier alpha value is -1.68. The van der Waals surface area contributed by atoms with Crippen LogP contribution < -0.4 is 10.5 Å². The molecule has 0 unspecified atom stereocenters. The molecule has 0 bridgehead atoms. The topological polar surface area (TPSA) is 35.2 Å².